The van der Waals surface area contributed by atoms with Crippen LogP contribution in [0.1, 0.15) is 5.56 Å². The van der Waals surface area contributed by atoms with E-state index in [1.54, 1.807) is 6.07 Å². The van der Waals surface area contributed by atoms with Crippen LogP contribution in [-0.2, 0) is 16.4 Å². The van der Waals surface area contributed by atoms with Crippen molar-refractivity contribution in [2.24, 2.45) is 0 Å². The molecular weight excluding hydrogens is 360 g/mol. The smallest absolute Gasteiger partial charge is 0.387 e. The zero-order chi connectivity index (χ0) is 15.2. The lowest BCUT2D eigenvalue weighted by Crippen LogP contribution is -2.26. The van der Waals surface area contributed by atoms with Gasteiger partial charge in [-0.15, -0.1) is 0 Å². The van der Waals surface area contributed by atoms with E-state index in [1.807, 2.05) is 0 Å². The predicted octanol–water partition coefficient (Wildman–Crippen LogP) is 2.11. The summed E-state index contributed by atoms with van der Waals surface area (Å²) in [6, 6.07) is 4.46. The fourth-order valence-electron chi connectivity index (χ4n) is 1.45. The third kappa shape index (κ3) is 5.59. The lowest BCUT2D eigenvalue weighted by Gasteiger charge is -2.11. The highest BCUT2D eigenvalue weighted by Crippen LogP contribution is 2.29. The Hall–Kier alpha value is -0.930. The molecule has 0 fully saturated rings. The second-order valence-corrected chi connectivity index (χ2v) is 6.84. The molecule has 0 bridgehead atoms. The minimum atomic E-state index is -3.32. The van der Waals surface area contributed by atoms with Crippen molar-refractivity contribution >= 4 is 26.0 Å². The highest BCUT2D eigenvalue weighted by atomic mass is 79.9. The van der Waals surface area contributed by atoms with Crippen molar-refractivity contribution in [1.82, 2.24) is 4.72 Å². The van der Waals surface area contributed by atoms with Crippen LogP contribution in [0.4, 0.5) is 8.78 Å². The minimum Gasteiger partial charge on any atom is -0.493 e. The standard InChI is InChI=1S/C11H14BrF2NO4S/c1-18-10-6-8(2-3-9(10)19-11(13)14)4-5-15-20(16,17)7-12/h2-3,6,11,15H,4-5,7H2,1H3. The summed E-state index contributed by atoms with van der Waals surface area (Å²) in [5.74, 6) is 0.110. The van der Waals surface area contributed by atoms with Gasteiger partial charge < -0.3 is 9.47 Å². The summed E-state index contributed by atoms with van der Waals surface area (Å²) in [5, 5.41) is 0. The third-order valence-corrected chi connectivity index (χ3v) is 5.06. The number of hydrogen-bond donors (Lipinski definition) is 1. The highest BCUT2D eigenvalue weighted by molar-refractivity contribution is 9.10. The quantitative estimate of drug-likeness (QED) is 0.708. The van der Waals surface area contributed by atoms with Gasteiger partial charge in [-0.1, -0.05) is 22.0 Å². The molecule has 0 unspecified atom stereocenters. The van der Waals surface area contributed by atoms with Crippen LogP contribution < -0.4 is 14.2 Å². The van der Waals surface area contributed by atoms with Crippen LogP contribution in [0.5, 0.6) is 11.5 Å². The van der Waals surface area contributed by atoms with Crippen LogP contribution in [0.25, 0.3) is 0 Å². The van der Waals surface area contributed by atoms with E-state index in [4.69, 9.17) is 4.74 Å². The summed E-state index contributed by atoms with van der Waals surface area (Å²) in [6.07, 6.45) is 0.400. The molecular formula is C11H14BrF2NO4S. The summed E-state index contributed by atoms with van der Waals surface area (Å²) < 4.78 is 58.1. The fraction of sp³-hybridized carbons (Fsp3) is 0.455. The lowest BCUT2D eigenvalue weighted by molar-refractivity contribution is -0.0512. The van der Waals surface area contributed by atoms with E-state index in [0.29, 0.717) is 6.42 Å². The molecule has 0 aliphatic heterocycles. The molecule has 0 saturated heterocycles. The van der Waals surface area contributed by atoms with Crippen LogP contribution in [0.15, 0.2) is 18.2 Å². The Bertz CT molecular complexity index is 539. The Kier molecular flexibility index (Phi) is 6.63. The molecule has 0 radical (unpaired) electrons. The van der Waals surface area contributed by atoms with Crippen LogP contribution in [-0.4, -0.2) is 33.3 Å². The number of methoxy groups -OCH3 is 1. The van der Waals surface area contributed by atoms with Gasteiger partial charge in [-0.25, -0.2) is 13.1 Å². The van der Waals surface area contributed by atoms with Crippen molar-refractivity contribution in [3.63, 3.8) is 0 Å². The van der Waals surface area contributed by atoms with Gasteiger partial charge in [0.15, 0.2) is 11.5 Å². The zero-order valence-corrected chi connectivity index (χ0v) is 13.0. The molecule has 1 rings (SSSR count). The van der Waals surface area contributed by atoms with Gasteiger partial charge in [-0.2, -0.15) is 8.78 Å². The Morgan fingerprint density at radius 1 is 1.35 bits per heavy atom. The van der Waals surface area contributed by atoms with E-state index in [-0.39, 0.29) is 22.7 Å². The van der Waals surface area contributed by atoms with E-state index < -0.39 is 16.6 Å². The molecule has 5 nitrogen and oxygen atoms in total. The van der Waals surface area contributed by atoms with E-state index in [9.17, 15) is 17.2 Å². The average molecular weight is 374 g/mol. The van der Waals surface area contributed by atoms with Gasteiger partial charge in [0.2, 0.25) is 10.0 Å². The maximum absolute atomic E-state index is 12.2. The Morgan fingerprint density at radius 3 is 2.60 bits per heavy atom. The second kappa shape index (κ2) is 7.75. The molecule has 0 aliphatic rings. The normalized spacial score (nSPS) is 11.7. The predicted molar refractivity (Wildman–Crippen MR) is 74.0 cm³/mol. The van der Waals surface area contributed by atoms with Gasteiger partial charge in [0, 0.05) is 6.54 Å². The van der Waals surface area contributed by atoms with Crippen LogP contribution in [0.3, 0.4) is 0 Å². The van der Waals surface area contributed by atoms with Crippen molar-refractivity contribution in [2.45, 2.75) is 13.0 Å². The monoisotopic (exact) mass is 373 g/mol. The minimum absolute atomic E-state index is 0.0627. The van der Waals surface area contributed by atoms with E-state index in [0.717, 1.165) is 5.56 Å². The number of sulfonamides is 1. The first kappa shape index (κ1) is 17.1. The van der Waals surface area contributed by atoms with Crippen LogP contribution in [0.2, 0.25) is 0 Å². The van der Waals surface area contributed by atoms with Gasteiger partial charge in [0.05, 0.1) is 7.11 Å². The molecule has 0 amide bonds. The van der Waals surface area contributed by atoms with Gasteiger partial charge in [-0.05, 0) is 24.1 Å². The molecule has 20 heavy (non-hydrogen) atoms. The Morgan fingerprint density at radius 2 is 2.05 bits per heavy atom. The highest BCUT2D eigenvalue weighted by Gasteiger charge is 2.11. The summed E-state index contributed by atoms with van der Waals surface area (Å²) in [7, 11) is -1.98. The number of hydrogen-bond acceptors (Lipinski definition) is 4. The SMILES string of the molecule is COc1cc(CCNS(=O)(=O)CBr)ccc1OC(F)F. The Balaban J connectivity index is 2.68. The number of rotatable bonds is 8. The Labute approximate surface area is 124 Å². The van der Waals surface area contributed by atoms with Crippen molar-refractivity contribution in [2.75, 3.05) is 18.3 Å². The van der Waals surface area contributed by atoms with Crippen molar-refractivity contribution < 1.29 is 26.7 Å². The maximum Gasteiger partial charge on any atom is 0.387 e. The lowest BCUT2D eigenvalue weighted by atomic mass is 10.1. The molecule has 0 aliphatic carbocycles. The summed E-state index contributed by atoms with van der Waals surface area (Å²) in [4.78, 5) is 0. The zero-order valence-electron chi connectivity index (χ0n) is 10.6. The maximum atomic E-state index is 12.2. The van der Waals surface area contributed by atoms with Gasteiger partial charge in [0.25, 0.3) is 0 Å². The summed E-state index contributed by atoms with van der Waals surface area (Å²) in [5.41, 5.74) is 0.737. The fourth-order valence-corrected chi connectivity index (χ4v) is 2.43. The first-order valence-corrected chi connectivity index (χ1v) is 8.30. The van der Waals surface area contributed by atoms with E-state index in [2.05, 4.69) is 25.4 Å². The van der Waals surface area contributed by atoms with Gasteiger partial charge >= 0.3 is 6.61 Å². The molecule has 0 heterocycles. The summed E-state index contributed by atoms with van der Waals surface area (Å²) >= 11 is 2.85. The van der Waals surface area contributed by atoms with Crippen molar-refractivity contribution in [1.29, 1.82) is 0 Å². The molecule has 9 heteroatoms. The average Bonchev–Trinajstić information content (AvgIpc) is 2.39. The van der Waals surface area contributed by atoms with Crippen LogP contribution >= 0.6 is 15.9 Å². The van der Waals surface area contributed by atoms with E-state index in [1.165, 1.54) is 19.2 Å². The molecule has 1 N–H and O–H groups in total. The van der Waals surface area contributed by atoms with Gasteiger partial charge in [0.1, 0.15) is 4.66 Å². The summed E-state index contributed by atoms with van der Waals surface area (Å²) in [6.45, 7) is -2.73. The molecule has 0 spiro atoms. The number of benzene rings is 1. The number of halogens is 3. The first-order chi connectivity index (χ1) is 9.38. The largest absolute Gasteiger partial charge is 0.493 e. The molecule has 0 saturated carbocycles. The second-order valence-electron chi connectivity index (χ2n) is 3.73. The molecule has 0 aromatic heterocycles. The van der Waals surface area contributed by atoms with Crippen molar-refractivity contribution in [3.8, 4) is 11.5 Å². The first-order valence-electron chi connectivity index (χ1n) is 5.53. The molecule has 1 aromatic carbocycles. The van der Waals surface area contributed by atoms with Crippen molar-refractivity contribution in [3.05, 3.63) is 23.8 Å². The topological polar surface area (TPSA) is 64.6 Å². The van der Waals surface area contributed by atoms with Gasteiger partial charge in [-0.3, -0.25) is 0 Å². The molecule has 1 aromatic rings. The van der Waals surface area contributed by atoms with Crippen LogP contribution in [0, 0.1) is 0 Å². The van der Waals surface area contributed by atoms with E-state index >= 15 is 0 Å². The third-order valence-electron chi connectivity index (χ3n) is 2.32. The molecule has 0 atom stereocenters. The number of nitrogens with one attached hydrogen (secondary N) is 1. The number of alkyl halides is 3. The number of ether oxygens (including phenoxy) is 2. The molecule has 114 valence electrons.